The van der Waals surface area contributed by atoms with Crippen molar-refractivity contribution < 1.29 is 8.42 Å². The molecule has 1 saturated heterocycles. The first-order valence-electron chi connectivity index (χ1n) is 6.47. The van der Waals surface area contributed by atoms with Gasteiger partial charge in [-0.05, 0) is 24.1 Å². The lowest BCUT2D eigenvalue weighted by Crippen LogP contribution is -2.48. The first-order valence-corrected chi connectivity index (χ1v) is 9.08. The third kappa shape index (κ3) is 4.33. The van der Waals surface area contributed by atoms with Crippen LogP contribution in [-0.4, -0.2) is 56.6 Å². The molecule has 20 heavy (non-hydrogen) atoms. The second-order valence-electron chi connectivity index (χ2n) is 5.00. The fourth-order valence-electron chi connectivity index (χ4n) is 2.27. The Morgan fingerprint density at radius 1 is 1.10 bits per heavy atom. The Balaban J connectivity index is 1.83. The molecule has 1 fully saturated rings. The van der Waals surface area contributed by atoms with E-state index >= 15 is 0 Å². The van der Waals surface area contributed by atoms with Gasteiger partial charge >= 0.3 is 0 Å². The summed E-state index contributed by atoms with van der Waals surface area (Å²) in [6.07, 6.45) is 2.15. The lowest BCUT2D eigenvalue weighted by Gasteiger charge is -2.33. The van der Waals surface area contributed by atoms with Crippen molar-refractivity contribution in [3.63, 3.8) is 0 Å². The van der Waals surface area contributed by atoms with Gasteiger partial charge in [0.2, 0.25) is 10.0 Å². The van der Waals surface area contributed by atoms with Gasteiger partial charge in [0.25, 0.3) is 0 Å². The summed E-state index contributed by atoms with van der Waals surface area (Å²) in [6.45, 7) is 3.58. The molecule has 0 aliphatic carbocycles. The van der Waals surface area contributed by atoms with Gasteiger partial charge in [-0.2, -0.15) is 4.31 Å². The van der Waals surface area contributed by atoms with Crippen LogP contribution in [0.25, 0.3) is 0 Å². The van der Waals surface area contributed by atoms with Crippen LogP contribution in [0.4, 0.5) is 0 Å². The summed E-state index contributed by atoms with van der Waals surface area (Å²) in [5, 5.41) is 1.14. The highest BCUT2D eigenvalue weighted by Gasteiger charge is 2.22. The summed E-state index contributed by atoms with van der Waals surface area (Å²) in [5.41, 5.74) is 1.14. The molecule has 0 unspecified atom stereocenters. The molecule has 1 aliphatic rings. The zero-order chi connectivity index (χ0) is 14.8. The monoisotopic (exact) mass is 336 g/mol. The molecule has 7 heteroatoms. The minimum Gasteiger partial charge on any atom is -0.300 e. The lowest BCUT2D eigenvalue weighted by atomic mass is 10.1. The van der Waals surface area contributed by atoms with Gasteiger partial charge in [-0.1, -0.05) is 29.3 Å². The van der Waals surface area contributed by atoms with Crippen LogP contribution in [0.2, 0.25) is 10.0 Å². The molecule has 1 heterocycles. The van der Waals surface area contributed by atoms with Crippen molar-refractivity contribution in [2.24, 2.45) is 0 Å². The van der Waals surface area contributed by atoms with Crippen LogP contribution >= 0.6 is 23.2 Å². The molecule has 1 aromatic rings. The van der Waals surface area contributed by atoms with Gasteiger partial charge in [0.1, 0.15) is 0 Å². The molecule has 0 bridgehead atoms. The molecular formula is C13H18Cl2N2O2S. The van der Waals surface area contributed by atoms with Crippen LogP contribution < -0.4 is 0 Å². The van der Waals surface area contributed by atoms with E-state index < -0.39 is 10.0 Å². The van der Waals surface area contributed by atoms with E-state index in [9.17, 15) is 8.42 Å². The van der Waals surface area contributed by atoms with E-state index in [-0.39, 0.29) is 0 Å². The second kappa shape index (κ2) is 6.62. The number of nitrogens with zero attached hydrogens (tertiary/aromatic N) is 2. The predicted octanol–water partition coefficient (Wildman–Crippen LogP) is 2.11. The minimum atomic E-state index is -3.05. The zero-order valence-corrected chi connectivity index (χ0v) is 13.7. The number of halogens is 2. The van der Waals surface area contributed by atoms with Crippen molar-refractivity contribution in [1.82, 2.24) is 9.21 Å². The maximum Gasteiger partial charge on any atom is 0.211 e. The minimum absolute atomic E-state index is 0.567. The van der Waals surface area contributed by atoms with Gasteiger partial charge in [0.15, 0.2) is 0 Å². The molecule has 2 rings (SSSR count). The highest BCUT2D eigenvalue weighted by Crippen LogP contribution is 2.22. The summed E-state index contributed by atoms with van der Waals surface area (Å²) in [7, 11) is -3.05. The summed E-state index contributed by atoms with van der Waals surface area (Å²) in [5.74, 6) is 0. The van der Waals surface area contributed by atoms with Crippen molar-refractivity contribution in [1.29, 1.82) is 0 Å². The Morgan fingerprint density at radius 3 is 2.30 bits per heavy atom. The molecule has 0 amide bonds. The van der Waals surface area contributed by atoms with Crippen molar-refractivity contribution in [2.75, 3.05) is 39.0 Å². The lowest BCUT2D eigenvalue weighted by molar-refractivity contribution is 0.191. The molecule has 0 spiro atoms. The van der Waals surface area contributed by atoms with Crippen LogP contribution in [0.3, 0.4) is 0 Å². The quantitative estimate of drug-likeness (QED) is 0.845. The van der Waals surface area contributed by atoms with E-state index in [1.54, 1.807) is 6.07 Å². The standard InChI is InChI=1S/C13H18Cl2N2O2S/c1-20(18,19)17-8-6-16(7-9-17)5-4-11-2-3-12(14)13(15)10-11/h2-3,10H,4-9H2,1H3. The Hall–Kier alpha value is -0.330. The smallest absolute Gasteiger partial charge is 0.211 e. The van der Waals surface area contributed by atoms with E-state index in [1.807, 2.05) is 12.1 Å². The second-order valence-corrected chi connectivity index (χ2v) is 7.80. The molecule has 112 valence electrons. The first kappa shape index (κ1) is 16.0. The van der Waals surface area contributed by atoms with Gasteiger partial charge in [-0.25, -0.2) is 8.42 Å². The van der Waals surface area contributed by atoms with Crippen molar-refractivity contribution in [2.45, 2.75) is 6.42 Å². The van der Waals surface area contributed by atoms with E-state index in [0.29, 0.717) is 23.1 Å². The normalized spacial score (nSPS) is 18.4. The van der Waals surface area contributed by atoms with Crippen LogP contribution in [0.15, 0.2) is 18.2 Å². The average molecular weight is 337 g/mol. The summed E-state index contributed by atoms with van der Waals surface area (Å²) in [4.78, 5) is 2.27. The molecule has 0 radical (unpaired) electrons. The maximum absolute atomic E-state index is 11.4. The van der Waals surface area contributed by atoms with Crippen molar-refractivity contribution in [3.8, 4) is 0 Å². The van der Waals surface area contributed by atoms with Crippen LogP contribution in [0, 0.1) is 0 Å². The Bertz CT molecular complexity index is 570. The SMILES string of the molecule is CS(=O)(=O)N1CCN(CCc2ccc(Cl)c(Cl)c2)CC1. The highest BCUT2D eigenvalue weighted by atomic mass is 35.5. The third-order valence-corrected chi connectivity index (χ3v) is 5.54. The van der Waals surface area contributed by atoms with E-state index in [1.165, 1.54) is 10.6 Å². The topological polar surface area (TPSA) is 40.6 Å². The Morgan fingerprint density at radius 2 is 1.75 bits per heavy atom. The van der Waals surface area contributed by atoms with Gasteiger partial charge < -0.3 is 4.90 Å². The number of benzene rings is 1. The number of piperazine rings is 1. The van der Waals surface area contributed by atoms with Crippen LogP contribution in [-0.2, 0) is 16.4 Å². The zero-order valence-electron chi connectivity index (χ0n) is 11.3. The molecule has 1 aliphatic heterocycles. The molecule has 0 N–H and O–H groups in total. The predicted molar refractivity (Wildman–Crippen MR) is 83.0 cm³/mol. The van der Waals surface area contributed by atoms with E-state index in [4.69, 9.17) is 23.2 Å². The molecule has 0 atom stereocenters. The molecule has 4 nitrogen and oxygen atoms in total. The van der Waals surface area contributed by atoms with Crippen LogP contribution in [0.5, 0.6) is 0 Å². The fourth-order valence-corrected chi connectivity index (χ4v) is 3.41. The number of hydrogen-bond acceptors (Lipinski definition) is 3. The largest absolute Gasteiger partial charge is 0.300 e. The molecule has 0 aromatic heterocycles. The van der Waals surface area contributed by atoms with Gasteiger partial charge in [0, 0.05) is 32.7 Å². The van der Waals surface area contributed by atoms with Crippen molar-refractivity contribution >= 4 is 33.2 Å². The Kier molecular flexibility index (Phi) is 5.31. The van der Waals surface area contributed by atoms with Gasteiger partial charge in [-0.15, -0.1) is 0 Å². The Labute approximate surface area is 130 Å². The molecule has 0 saturated carbocycles. The summed E-state index contributed by atoms with van der Waals surface area (Å²) < 4.78 is 24.4. The number of sulfonamides is 1. The van der Waals surface area contributed by atoms with Gasteiger partial charge in [0.05, 0.1) is 16.3 Å². The highest BCUT2D eigenvalue weighted by molar-refractivity contribution is 7.88. The molecule has 1 aromatic carbocycles. The summed E-state index contributed by atoms with van der Waals surface area (Å²) >= 11 is 11.9. The number of hydrogen-bond donors (Lipinski definition) is 0. The van der Waals surface area contributed by atoms with Crippen LogP contribution in [0.1, 0.15) is 5.56 Å². The number of rotatable bonds is 4. The maximum atomic E-state index is 11.4. The average Bonchev–Trinajstić information content (AvgIpc) is 2.40. The van der Waals surface area contributed by atoms with Gasteiger partial charge in [-0.3, -0.25) is 0 Å². The molecular weight excluding hydrogens is 319 g/mol. The van der Waals surface area contributed by atoms with Crippen molar-refractivity contribution in [3.05, 3.63) is 33.8 Å². The first-order chi connectivity index (χ1) is 9.36. The van der Waals surface area contributed by atoms with E-state index in [0.717, 1.165) is 31.6 Å². The summed E-state index contributed by atoms with van der Waals surface area (Å²) in [6, 6.07) is 5.67. The van der Waals surface area contributed by atoms with E-state index in [2.05, 4.69) is 4.90 Å². The third-order valence-electron chi connectivity index (χ3n) is 3.50. The fraction of sp³-hybridized carbons (Fsp3) is 0.538.